The number of carbonyl (C=O) groups is 2. The van der Waals surface area contributed by atoms with Crippen LogP contribution < -0.4 is 15.0 Å². The van der Waals surface area contributed by atoms with Crippen LogP contribution in [0.4, 0.5) is 10.1 Å². The van der Waals surface area contributed by atoms with E-state index in [1.54, 1.807) is 37.8 Å². The Hall–Kier alpha value is -4.46. The summed E-state index contributed by atoms with van der Waals surface area (Å²) in [6.45, 7) is 3.76. The summed E-state index contributed by atoms with van der Waals surface area (Å²) in [5.41, 5.74) is 2.34. The second kappa shape index (κ2) is 9.54. The molecule has 0 spiro atoms. The molecule has 0 fully saturated rings. The standard InChI is InChI=1S/C29H27FN4O3/c1-19-15-22(30)13-14-24(19)34-27(35)25-16-23(20-9-5-4-6-10-20)32-33(25)18-29(34,2)28(36)31-17-21-11-7-8-12-26(21)37-3/h4-16H,17-18H2,1-3H3,(H,31,36)/t29-/m1/s1. The molecule has 0 radical (unpaired) electrons. The molecule has 0 saturated carbocycles. The molecule has 0 saturated heterocycles. The molecular formula is C29H27FN4O3. The van der Waals surface area contributed by atoms with E-state index in [-0.39, 0.29) is 24.9 Å². The number of fused-ring (bicyclic) bond motifs is 1. The third-order valence-corrected chi connectivity index (χ3v) is 6.74. The van der Waals surface area contributed by atoms with Gasteiger partial charge in [-0.3, -0.25) is 19.2 Å². The van der Waals surface area contributed by atoms with Crippen molar-refractivity contribution in [2.24, 2.45) is 0 Å². The predicted octanol–water partition coefficient (Wildman–Crippen LogP) is 4.74. The molecule has 37 heavy (non-hydrogen) atoms. The lowest BCUT2D eigenvalue weighted by atomic mass is 9.93. The molecule has 1 atom stereocenters. The van der Waals surface area contributed by atoms with Gasteiger partial charge in [0.05, 0.1) is 19.3 Å². The van der Waals surface area contributed by atoms with Gasteiger partial charge in [0.25, 0.3) is 5.91 Å². The number of aromatic nitrogens is 2. The fourth-order valence-electron chi connectivity index (χ4n) is 4.79. The lowest BCUT2D eigenvalue weighted by Crippen LogP contribution is -2.64. The molecule has 0 unspecified atom stereocenters. The van der Waals surface area contributed by atoms with Gasteiger partial charge in [-0.05, 0) is 49.7 Å². The molecule has 5 rings (SSSR count). The molecule has 3 aromatic carbocycles. The number of para-hydroxylation sites is 1. The summed E-state index contributed by atoms with van der Waals surface area (Å²) in [4.78, 5) is 29.3. The Morgan fingerprint density at radius 3 is 2.54 bits per heavy atom. The van der Waals surface area contributed by atoms with Crippen LogP contribution in [0.25, 0.3) is 11.3 Å². The number of carbonyl (C=O) groups excluding carboxylic acids is 2. The second-order valence-electron chi connectivity index (χ2n) is 9.28. The van der Waals surface area contributed by atoms with Gasteiger partial charge in [-0.1, -0.05) is 48.5 Å². The van der Waals surface area contributed by atoms with Crippen LogP contribution in [-0.4, -0.2) is 34.2 Å². The van der Waals surface area contributed by atoms with E-state index in [4.69, 9.17) is 4.74 Å². The van der Waals surface area contributed by atoms with Crippen molar-refractivity contribution < 1.29 is 18.7 Å². The van der Waals surface area contributed by atoms with Gasteiger partial charge < -0.3 is 10.1 Å². The van der Waals surface area contributed by atoms with Crippen molar-refractivity contribution in [1.29, 1.82) is 0 Å². The number of hydrogen-bond acceptors (Lipinski definition) is 4. The van der Waals surface area contributed by atoms with Crippen molar-refractivity contribution in [3.63, 3.8) is 0 Å². The normalized spacial score (nSPS) is 16.9. The third kappa shape index (κ3) is 4.35. The molecule has 2 amide bonds. The van der Waals surface area contributed by atoms with E-state index in [1.807, 2.05) is 54.6 Å². The van der Waals surface area contributed by atoms with Crippen LogP contribution in [0, 0.1) is 12.7 Å². The van der Waals surface area contributed by atoms with Gasteiger partial charge in [-0.15, -0.1) is 0 Å². The highest BCUT2D eigenvalue weighted by atomic mass is 19.1. The summed E-state index contributed by atoms with van der Waals surface area (Å²) in [6, 6.07) is 22.9. The molecule has 4 aromatic rings. The minimum Gasteiger partial charge on any atom is -0.496 e. The molecular weight excluding hydrogens is 471 g/mol. The van der Waals surface area contributed by atoms with Crippen LogP contribution >= 0.6 is 0 Å². The maximum Gasteiger partial charge on any atom is 0.277 e. The maximum absolute atomic E-state index is 14.0. The van der Waals surface area contributed by atoms with E-state index in [9.17, 15) is 14.0 Å². The van der Waals surface area contributed by atoms with Gasteiger partial charge in [0, 0.05) is 23.4 Å². The average molecular weight is 499 g/mol. The number of rotatable bonds is 6. The summed E-state index contributed by atoms with van der Waals surface area (Å²) >= 11 is 0. The van der Waals surface area contributed by atoms with Gasteiger partial charge in [0.2, 0.25) is 5.91 Å². The van der Waals surface area contributed by atoms with Crippen LogP contribution in [0.5, 0.6) is 5.75 Å². The van der Waals surface area contributed by atoms with Crippen LogP contribution in [0.3, 0.4) is 0 Å². The van der Waals surface area contributed by atoms with Crippen molar-refractivity contribution >= 4 is 17.5 Å². The Morgan fingerprint density at radius 1 is 1.08 bits per heavy atom. The molecule has 7 nitrogen and oxygen atoms in total. The Labute approximate surface area is 214 Å². The van der Waals surface area contributed by atoms with Crippen molar-refractivity contribution in [2.75, 3.05) is 12.0 Å². The van der Waals surface area contributed by atoms with Crippen LogP contribution in [-0.2, 0) is 17.9 Å². The highest BCUT2D eigenvalue weighted by Crippen LogP contribution is 2.36. The van der Waals surface area contributed by atoms with Crippen molar-refractivity contribution in [3.05, 3.63) is 102 Å². The number of nitrogens with one attached hydrogen (secondary N) is 1. The zero-order valence-corrected chi connectivity index (χ0v) is 20.9. The maximum atomic E-state index is 14.0. The van der Waals surface area contributed by atoms with Gasteiger partial charge in [0.1, 0.15) is 22.8 Å². The van der Waals surface area contributed by atoms with E-state index in [2.05, 4.69) is 10.4 Å². The quantitative estimate of drug-likeness (QED) is 0.417. The SMILES string of the molecule is COc1ccccc1CNC(=O)[C@@]1(C)Cn2nc(-c3ccccc3)cc2C(=O)N1c1ccc(F)cc1C. The number of nitrogens with zero attached hydrogens (tertiary/aromatic N) is 3. The number of ether oxygens (including phenoxy) is 1. The lowest BCUT2D eigenvalue weighted by molar-refractivity contribution is -0.126. The highest BCUT2D eigenvalue weighted by molar-refractivity contribution is 6.12. The average Bonchev–Trinajstić information content (AvgIpc) is 3.33. The molecule has 1 aromatic heterocycles. The number of amides is 2. The second-order valence-corrected chi connectivity index (χ2v) is 9.28. The van der Waals surface area contributed by atoms with Crippen LogP contribution in [0.15, 0.2) is 78.9 Å². The monoisotopic (exact) mass is 498 g/mol. The first-order valence-electron chi connectivity index (χ1n) is 12.0. The smallest absolute Gasteiger partial charge is 0.277 e. The molecule has 2 heterocycles. The topological polar surface area (TPSA) is 76.5 Å². The molecule has 0 aliphatic carbocycles. The summed E-state index contributed by atoms with van der Waals surface area (Å²) in [7, 11) is 1.57. The third-order valence-electron chi connectivity index (χ3n) is 6.74. The number of methoxy groups -OCH3 is 1. The van der Waals surface area contributed by atoms with Crippen molar-refractivity contribution in [1.82, 2.24) is 15.1 Å². The van der Waals surface area contributed by atoms with E-state index >= 15 is 0 Å². The van der Waals surface area contributed by atoms with Crippen LogP contribution in [0.2, 0.25) is 0 Å². The molecule has 188 valence electrons. The zero-order chi connectivity index (χ0) is 26.2. The van der Waals surface area contributed by atoms with Crippen molar-refractivity contribution in [2.45, 2.75) is 32.5 Å². The van der Waals surface area contributed by atoms with E-state index < -0.39 is 11.4 Å². The Balaban J connectivity index is 1.56. The van der Waals surface area contributed by atoms with Gasteiger partial charge in [0.15, 0.2) is 0 Å². The predicted molar refractivity (Wildman–Crippen MR) is 139 cm³/mol. The highest BCUT2D eigenvalue weighted by Gasteiger charge is 2.49. The lowest BCUT2D eigenvalue weighted by Gasteiger charge is -2.43. The number of hydrogen-bond donors (Lipinski definition) is 1. The molecule has 1 aliphatic heterocycles. The summed E-state index contributed by atoms with van der Waals surface area (Å²) < 4.78 is 21.0. The van der Waals surface area contributed by atoms with Crippen molar-refractivity contribution in [3.8, 4) is 17.0 Å². The molecule has 0 bridgehead atoms. The largest absolute Gasteiger partial charge is 0.496 e. The summed E-state index contributed by atoms with van der Waals surface area (Å²) in [5.74, 6) is -0.506. The van der Waals surface area contributed by atoms with Gasteiger partial charge in [-0.2, -0.15) is 5.10 Å². The number of halogens is 1. The zero-order valence-electron chi connectivity index (χ0n) is 20.9. The van der Waals surface area contributed by atoms with Crippen LogP contribution in [0.1, 0.15) is 28.5 Å². The van der Waals surface area contributed by atoms with Gasteiger partial charge in [-0.25, -0.2) is 4.39 Å². The Morgan fingerprint density at radius 2 is 1.81 bits per heavy atom. The first-order chi connectivity index (χ1) is 17.8. The Bertz CT molecular complexity index is 1480. The first kappa shape index (κ1) is 24.2. The number of aryl methyl sites for hydroxylation is 1. The fourth-order valence-corrected chi connectivity index (χ4v) is 4.79. The van der Waals surface area contributed by atoms with E-state index in [1.165, 1.54) is 17.0 Å². The fraction of sp³-hybridized carbons (Fsp3) is 0.207. The van der Waals surface area contributed by atoms with Gasteiger partial charge >= 0.3 is 0 Å². The Kier molecular flexibility index (Phi) is 6.25. The molecule has 1 N–H and O–H groups in total. The minimum atomic E-state index is -1.34. The number of anilines is 1. The molecule has 8 heteroatoms. The van der Waals surface area contributed by atoms with E-state index in [0.29, 0.717) is 28.4 Å². The summed E-state index contributed by atoms with van der Waals surface area (Å²) in [5, 5.41) is 7.65. The molecule has 1 aliphatic rings. The minimum absolute atomic E-state index is 0.121. The summed E-state index contributed by atoms with van der Waals surface area (Å²) in [6.07, 6.45) is 0. The first-order valence-corrected chi connectivity index (χ1v) is 12.0. The number of benzene rings is 3. The van der Waals surface area contributed by atoms with E-state index in [0.717, 1.165) is 11.1 Å².